The van der Waals surface area contributed by atoms with Crippen LogP contribution in [0.4, 0.5) is 23.2 Å². The van der Waals surface area contributed by atoms with Crippen molar-refractivity contribution >= 4 is 29.3 Å². The lowest BCUT2D eigenvalue weighted by Crippen LogP contribution is -2.60. The molecule has 4 atom stereocenters. The molecule has 0 aromatic heterocycles. The number of alkyl halides is 3. The van der Waals surface area contributed by atoms with Gasteiger partial charge in [0.25, 0.3) is 12.5 Å². The largest absolute Gasteiger partial charge is 0.471 e. The molecule has 4 amide bonds. The highest BCUT2D eigenvalue weighted by molar-refractivity contribution is 6.07. The first-order valence-electron chi connectivity index (χ1n) is 13.1. The van der Waals surface area contributed by atoms with E-state index in [0.29, 0.717) is 16.8 Å². The standard InChI is InChI=1S/C29H29F4N5O4/c1-27(2,3)22(37-26(42)29(31,32)33)23(39)35-20(13-16-8-7-9-17(30)12-16)24(40)38-15-28(14-21(38)34-4)18-10-5-6-11-19(18)36-25(28)41/h4-12,20-22H,13-15H2,1-3H3,(H2-,35,36,37,39,41,42)/p+1/t20?,21-,22+,28-/m0/s1. The lowest BCUT2D eigenvalue weighted by Gasteiger charge is -2.32. The molecule has 2 aliphatic heterocycles. The van der Waals surface area contributed by atoms with E-state index >= 15 is 0 Å². The normalized spacial score (nSPS) is 21.2. The number of fused-ring (bicyclic) bond motifs is 2. The first kappa shape index (κ1) is 30.5. The second kappa shape index (κ2) is 11.1. The van der Waals surface area contributed by atoms with Gasteiger partial charge in [-0.3, -0.25) is 24.1 Å². The van der Waals surface area contributed by atoms with E-state index in [9.17, 15) is 36.7 Å². The van der Waals surface area contributed by atoms with E-state index in [4.69, 9.17) is 6.57 Å². The quantitative estimate of drug-likeness (QED) is 0.450. The van der Waals surface area contributed by atoms with Crippen molar-refractivity contribution in [1.82, 2.24) is 15.5 Å². The van der Waals surface area contributed by atoms with Crippen molar-refractivity contribution in [3.05, 3.63) is 70.3 Å². The summed E-state index contributed by atoms with van der Waals surface area (Å²) in [6, 6.07) is 9.07. The Kier molecular flexibility index (Phi) is 8.04. The van der Waals surface area contributed by atoms with Crippen LogP contribution in [0.2, 0.25) is 0 Å². The molecular formula is C29H30F4N5O4+. The Morgan fingerprint density at radius 1 is 1.12 bits per heavy atom. The summed E-state index contributed by atoms with van der Waals surface area (Å²) in [5.74, 6) is -5.09. The van der Waals surface area contributed by atoms with Crippen LogP contribution in [-0.4, -0.2) is 59.5 Å². The van der Waals surface area contributed by atoms with E-state index in [1.807, 2.05) is 0 Å². The molecule has 1 spiro atoms. The summed E-state index contributed by atoms with van der Waals surface area (Å²) in [4.78, 5) is 57.4. The highest BCUT2D eigenvalue weighted by Gasteiger charge is 2.60. The zero-order valence-electron chi connectivity index (χ0n) is 23.1. The van der Waals surface area contributed by atoms with E-state index in [1.165, 1.54) is 43.9 Å². The highest BCUT2D eigenvalue weighted by atomic mass is 19.4. The smallest absolute Gasteiger partial charge is 0.342 e. The molecule has 0 bridgehead atoms. The third-order valence-corrected chi connectivity index (χ3v) is 7.52. The van der Waals surface area contributed by atoms with Crippen molar-refractivity contribution in [3.63, 3.8) is 0 Å². The third-order valence-electron chi connectivity index (χ3n) is 7.52. The maximum Gasteiger partial charge on any atom is 0.471 e. The van der Waals surface area contributed by atoms with Gasteiger partial charge in [0.1, 0.15) is 23.3 Å². The van der Waals surface area contributed by atoms with Gasteiger partial charge in [-0.05, 0) is 34.7 Å². The molecular weight excluding hydrogens is 558 g/mol. The van der Waals surface area contributed by atoms with Gasteiger partial charge < -0.3 is 16.0 Å². The molecule has 3 N–H and O–H groups in total. The Balaban J connectivity index is 1.67. The average Bonchev–Trinajstić information content (AvgIpc) is 3.43. The Labute approximate surface area is 239 Å². The molecule has 2 aliphatic rings. The molecule has 2 aromatic rings. The van der Waals surface area contributed by atoms with Crippen LogP contribution >= 0.6 is 0 Å². The maximum absolute atomic E-state index is 14.1. The molecule has 1 fully saturated rings. The summed E-state index contributed by atoms with van der Waals surface area (Å²) in [7, 11) is 0. The van der Waals surface area contributed by atoms with Gasteiger partial charge >= 0.3 is 18.2 Å². The van der Waals surface area contributed by atoms with Crippen molar-refractivity contribution < 1.29 is 36.7 Å². The number of nitrogens with zero attached hydrogens (tertiary/aromatic N) is 2. The van der Waals surface area contributed by atoms with Crippen molar-refractivity contribution in [3.8, 4) is 6.57 Å². The topological polar surface area (TPSA) is 112 Å². The molecule has 9 nitrogen and oxygen atoms in total. The van der Waals surface area contributed by atoms with E-state index in [2.05, 4.69) is 15.5 Å². The summed E-state index contributed by atoms with van der Waals surface area (Å²) in [6.07, 6.45) is -6.44. The zero-order chi connectivity index (χ0) is 31.0. The van der Waals surface area contributed by atoms with E-state index in [0.717, 1.165) is 6.07 Å². The zero-order valence-corrected chi connectivity index (χ0v) is 23.1. The van der Waals surface area contributed by atoms with Crippen molar-refractivity contribution in [2.24, 2.45) is 5.41 Å². The Morgan fingerprint density at radius 2 is 1.81 bits per heavy atom. The van der Waals surface area contributed by atoms with Gasteiger partial charge in [0.05, 0.1) is 6.42 Å². The molecule has 13 heteroatoms. The number of halogens is 4. The van der Waals surface area contributed by atoms with Crippen LogP contribution in [0.25, 0.3) is 4.85 Å². The Morgan fingerprint density at radius 3 is 2.43 bits per heavy atom. The number of carbonyl (C=O) groups is 4. The van der Waals surface area contributed by atoms with E-state index < -0.39 is 58.8 Å². The molecule has 222 valence electrons. The summed E-state index contributed by atoms with van der Waals surface area (Å²) in [5, 5.41) is 6.97. The van der Waals surface area contributed by atoms with Crippen LogP contribution in [0.1, 0.15) is 38.3 Å². The SMILES string of the molecule is C#[N+][C@@H]1C[C@@]2(CN1C(=O)C(Cc1cccc(F)c1)NC(=O)[C@@H](NC(=O)C(F)(F)F)C(C)(C)C)C(=O)Nc1ccccc12. The van der Waals surface area contributed by atoms with Crippen molar-refractivity contribution in [2.45, 2.75) is 63.5 Å². The van der Waals surface area contributed by atoms with Crippen LogP contribution in [-0.2, 0) is 31.0 Å². The fraction of sp³-hybridized carbons (Fsp3) is 0.414. The molecule has 2 aromatic carbocycles. The molecule has 0 radical (unpaired) electrons. The lowest BCUT2D eigenvalue weighted by atomic mass is 9.80. The molecule has 4 rings (SSSR count). The molecule has 42 heavy (non-hydrogen) atoms. The molecule has 1 saturated heterocycles. The predicted molar refractivity (Wildman–Crippen MR) is 145 cm³/mol. The van der Waals surface area contributed by atoms with Crippen molar-refractivity contribution in [1.29, 1.82) is 0 Å². The minimum atomic E-state index is -5.25. The first-order chi connectivity index (χ1) is 19.6. The van der Waals surface area contributed by atoms with Gasteiger partial charge in [0, 0.05) is 18.7 Å². The summed E-state index contributed by atoms with van der Waals surface area (Å²) in [6.45, 7) is 9.85. The van der Waals surface area contributed by atoms with Crippen LogP contribution < -0.4 is 16.0 Å². The number of hydrogen-bond donors (Lipinski definition) is 3. The van der Waals surface area contributed by atoms with Gasteiger partial charge in [-0.15, -0.1) is 0 Å². The molecule has 0 saturated carbocycles. The molecule has 0 aliphatic carbocycles. The number of rotatable bonds is 6. The fourth-order valence-corrected chi connectivity index (χ4v) is 5.42. The summed E-state index contributed by atoms with van der Waals surface area (Å²) < 4.78 is 53.2. The van der Waals surface area contributed by atoms with Gasteiger partial charge in [-0.2, -0.15) is 13.2 Å². The van der Waals surface area contributed by atoms with Crippen LogP contribution in [0.3, 0.4) is 0 Å². The Bertz CT molecular complexity index is 1460. The number of amides is 4. The summed E-state index contributed by atoms with van der Waals surface area (Å²) >= 11 is 0. The van der Waals surface area contributed by atoms with E-state index in [-0.39, 0.29) is 25.3 Å². The monoisotopic (exact) mass is 588 g/mol. The highest BCUT2D eigenvalue weighted by Crippen LogP contribution is 2.46. The number of benzene rings is 2. The van der Waals surface area contributed by atoms with Gasteiger partial charge in [0.15, 0.2) is 0 Å². The average molecular weight is 589 g/mol. The minimum Gasteiger partial charge on any atom is -0.342 e. The number of anilines is 1. The van der Waals surface area contributed by atoms with Crippen molar-refractivity contribution in [2.75, 3.05) is 11.9 Å². The predicted octanol–water partition coefficient (Wildman–Crippen LogP) is 3.36. The number of nitrogens with one attached hydrogen (secondary N) is 3. The number of likely N-dealkylation sites (tertiary alicyclic amines) is 1. The van der Waals surface area contributed by atoms with Crippen LogP contribution in [0, 0.1) is 17.8 Å². The van der Waals surface area contributed by atoms with Gasteiger partial charge in [0.2, 0.25) is 11.8 Å². The number of hydrogen-bond acceptors (Lipinski definition) is 4. The lowest BCUT2D eigenvalue weighted by molar-refractivity contribution is -0.175. The summed E-state index contributed by atoms with van der Waals surface area (Å²) in [5.41, 5.74) is -0.852. The van der Waals surface area contributed by atoms with Crippen LogP contribution in [0.15, 0.2) is 48.5 Å². The number of carbonyl (C=O) groups excluding carboxylic acids is 4. The second-order valence-corrected chi connectivity index (χ2v) is 11.5. The van der Waals surface area contributed by atoms with Crippen LogP contribution in [0.5, 0.6) is 0 Å². The maximum atomic E-state index is 14.1. The van der Waals surface area contributed by atoms with E-state index in [1.54, 1.807) is 29.6 Å². The molecule has 2 heterocycles. The molecule has 1 unspecified atom stereocenters. The fourth-order valence-electron chi connectivity index (χ4n) is 5.42. The Hall–Kier alpha value is -4.47. The minimum absolute atomic E-state index is 0.0466. The van der Waals surface area contributed by atoms with Gasteiger partial charge in [-0.1, -0.05) is 55.9 Å². The number of para-hydroxylation sites is 1. The van der Waals surface area contributed by atoms with Gasteiger partial charge in [-0.25, -0.2) is 4.39 Å². The first-order valence-corrected chi connectivity index (χ1v) is 13.1. The second-order valence-electron chi connectivity index (χ2n) is 11.5. The third kappa shape index (κ3) is 5.93.